The summed E-state index contributed by atoms with van der Waals surface area (Å²) >= 11 is 11.3. The Morgan fingerprint density at radius 3 is 2.07 bits per heavy atom. The number of urea groups is 1. The lowest BCUT2D eigenvalue weighted by Gasteiger charge is -2.24. The van der Waals surface area contributed by atoms with Crippen molar-refractivity contribution in [3.63, 3.8) is 0 Å². The Balaban J connectivity index is 2.85. The van der Waals surface area contributed by atoms with Crippen LogP contribution in [0, 0.1) is 11.6 Å². The van der Waals surface area contributed by atoms with Crippen molar-refractivity contribution in [2.24, 2.45) is 0 Å². The van der Waals surface area contributed by atoms with E-state index in [0.29, 0.717) is 0 Å². The zero-order chi connectivity index (χ0) is 22.0. The van der Waals surface area contributed by atoms with Crippen LogP contribution in [0.2, 0.25) is 0 Å². The molecule has 0 spiro atoms. The summed E-state index contributed by atoms with van der Waals surface area (Å²) in [5.41, 5.74) is -0.568. The lowest BCUT2D eigenvalue weighted by atomic mass is 10.1. The Labute approximate surface area is 175 Å². The minimum absolute atomic E-state index is 0.0293. The van der Waals surface area contributed by atoms with Gasteiger partial charge in [0.1, 0.15) is 11.7 Å². The van der Waals surface area contributed by atoms with E-state index in [1.807, 2.05) is 0 Å². The molecule has 0 unspecified atom stereocenters. The maximum Gasteiger partial charge on any atom is 0.326 e. The highest BCUT2D eigenvalue weighted by Gasteiger charge is 2.22. The van der Waals surface area contributed by atoms with Gasteiger partial charge in [-0.05, 0) is 25.0 Å². The van der Waals surface area contributed by atoms with Gasteiger partial charge in [0, 0.05) is 37.0 Å². The molecule has 8 nitrogen and oxygen atoms in total. The molecule has 0 saturated carbocycles. The van der Waals surface area contributed by atoms with Crippen LogP contribution in [0.5, 0.6) is 0 Å². The third-order valence-electron chi connectivity index (χ3n) is 3.79. The quantitative estimate of drug-likeness (QED) is 0.359. The molecule has 0 heterocycles. The molecule has 29 heavy (non-hydrogen) atoms. The number of aliphatic carboxylic acids is 2. The summed E-state index contributed by atoms with van der Waals surface area (Å²) in [6.45, 7) is 0.317. The van der Waals surface area contributed by atoms with E-state index < -0.39 is 35.6 Å². The van der Waals surface area contributed by atoms with E-state index in [1.165, 1.54) is 4.90 Å². The summed E-state index contributed by atoms with van der Waals surface area (Å²) in [5, 5.41) is 22.0. The maximum atomic E-state index is 14.4. The standard InChI is InChI=1S/C17H21Cl2F2N3O5/c18-4-6-24(7-5-19)15-11(20)8-10(9-12(15)21)22-17(29)23-13(16(27)28)2-1-3-14(25)26/h8-9,13H,1-7H2,(H,25,26)(H,27,28)(H2,22,23,29)/t13-/m0/s1. The highest BCUT2D eigenvalue weighted by molar-refractivity contribution is 6.18. The van der Waals surface area contributed by atoms with E-state index in [-0.39, 0.29) is 55.5 Å². The molecule has 0 fully saturated rings. The first-order valence-electron chi connectivity index (χ1n) is 8.57. The zero-order valence-corrected chi connectivity index (χ0v) is 16.8. The number of nitrogens with zero attached hydrogens (tertiary/aromatic N) is 1. The smallest absolute Gasteiger partial charge is 0.326 e. The van der Waals surface area contributed by atoms with Gasteiger partial charge >= 0.3 is 18.0 Å². The summed E-state index contributed by atoms with van der Waals surface area (Å²) in [5.74, 6) is -4.12. The van der Waals surface area contributed by atoms with Crippen LogP contribution >= 0.6 is 23.2 Å². The van der Waals surface area contributed by atoms with Crippen LogP contribution in [0.1, 0.15) is 19.3 Å². The number of halogens is 4. The first-order valence-corrected chi connectivity index (χ1v) is 9.64. The number of benzene rings is 1. The molecule has 1 aromatic rings. The topological polar surface area (TPSA) is 119 Å². The number of amides is 2. The Kier molecular flexibility index (Phi) is 10.5. The molecule has 0 aliphatic heterocycles. The van der Waals surface area contributed by atoms with Crippen molar-refractivity contribution in [1.29, 1.82) is 0 Å². The molecule has 1 rings (SSSR count). The summed E-state index contributed by atoms with van der Waals surface area (Å²) in [6.07, 6.45) is -0.351. The van der Waals surface area contributed by atoms with Crippen molar-refractivity contribution in [3.8, 4) is 0 Å². The van der Waals surface area contributed by atoms with Gasteiger partial charge in [0.05, 0.1) is 0 Å². The third kappa shape index (κ3) is 8.28. The number of hydrogen-bond acceptors (Lipinski definition) is 4. The fourth-order valence-corrected chi connectivity index (χ4v) is 2.93. The van der Waals surface area contributed by atoms with Crippen molar-refractivity contribution >= 4 is 52.5 Å². The number of nitrogens with one attached hydrogen (secondary N) is 2. The maximum absolute atomic E-state index is 14.4. The first kappa shape index (κ1) is 24.7. The zero-order valence-electron chi connectivity index (χ0n) is 15.3. The third-order valence-corrected chi connectivity index (χ3v) is 4.12. The lowest BCUT2D eigenvalue weighted by molar-refractivity contribution is -0.140. The van der Waals surface area contributed by atoms with Crippen molar-refractivity contribution in [1.82, 2.24) is 5.32 Å². The molecule has 2 amide bonds. The fourth-order valence-electron chi connectivity index (χ4n) is 2.52. The fraction of sp³-hybridized carbons (Fsp3) is 0.471. The van der Waals surface area contributed by atoms with Gasteiger partial charge in [-0.25, -0.2) is 18.4 Å². The number of carbonyl (C=O) groups is 3. The second kappa shape index (κ2) is 12.3. The van der Waals surface area contributed by atoms with Gasteiger partial charge in [0.2, 0.25) is 0 Å². The largest absolute Gasteiger partial charge is 0.481 e. The van der Waals surface area contributed by atoms with Gasteiger partial charge in [-0.1, -0.05) is 0 Å². The van der Waals surface area contributed by atoms with Crippen molar-refractivity contribution in [2.45, 2.75) is 25.3 Å². The molecule has 0 saturated heterocycles. The van der Waals surface area contributed by atoms with E-state index in [2.05, 4.69) is 10.6 Å². The van der Waals surface area contributed by atoms with Gasteiger partial charge in [-0.2, -0.15) is 0 Å². The number of carboxylic acid groups (broad SMARTS) is 2. The highest BCUT2D eigenvalue weighted by atomic mass is 35.5. The first-order chi connectivity index (χ1) is 13.7. The number of alkyl halides is 2. The van der Waals surface area contributed by atoms with Gasteiger partial charge in [-0.15, -0.1) is 23.2 Å². The summed E-state index contributed by atoms with van der Waals surface area (Å²) < 4.78 is 28.8. The molecular weight excluding hydrogens is 435 g/mol. The van der Waals surface area contributed by atoms with Crippen molar-refractivity contribution < 1.29 is 33.4 Å². The Morgan fingerprint density at radius 2 is 1.62 bits per heavy atom. The molecule has 1 aromatic carbocycles. The minimum Gasteiger partial charge on any atom is -0.481 e. The summed E-state index contributed by atoms with van der Waals surface area (Å²) in [4.78, 5) is 35.0. The molecule has 4 N–H and O–H groups in total. The second-order valence-electron chi connectivity index (χ2n) is 5.93. The molecule has 0 bridgehead atoms. The number of anilines is 2. The lowest BCUT2D eigenvalue weighted by Crippen LogP contribution is -2.43. The predicted octanol–water partition coefficient (Wildman–Crippen LogP) is 3.08. The van der Waals surface area contributed by atoms with Crippen LogP contribution in [0.15, 0.2) is 12.1 Å². The predicted molar refractivity (Wildman–Crippen MR) is 105 cm³/mol. The molecule has 162 valence electrons. The van der Waals surface area contributed by atoms with E-state index in [1.54, 1.807) is 0 Å². The van der Waals surface area contributed by atoms with Crippen LogP contribution in [-0.4, -0.2) is 59.1 Å². The second-order valence-corrected chi connectivity index (χ2v) is 6.68. The number of hydrogen-bond donors (Lipinski definition) is 4. The molecular formula is C17H21Cl2F2N3O5. The normalized spacial score (nSPS) is 11.6. The molecule has 0 aromatic heterocycles. The molecule has 0 radical (unpaired) electrons. The average Bonchev–Trinajstić information content (AvgIpc) is 2.60. The Bertz CT molecular complexity index is 710. The number of carboxylic acids is 2. The van der Waals surface area contributed by atoms with E-state index >= 15 is 0 Å². The van der Waals surface area contributed by atoms with Gasteiger partial charge in [-0.3, -0.25) is 4.79 Å². The molecule has 0 aliphatic rings. The van der Waals surface area contributed by atoms with Crippen LogP contribution in [0.3, 0.4) is 0 Å². The van der Waals surface area contributed by atoms with Crippen LogP contribution in [-0.2, 0) is 9.59 Å². The summed E-state index contributed by atoms with van der Waals surface area (Å²) in [7, 11) is 0. The van der Waals surface area contributed by atoms with Gasteiger partial charge in [0.15, 0.2) is 11.6 Å². The van der Waals surface area contributed by atoms with Gasteiger partial charge < -0.3 is 25.7 Å². The van der Waals surface area contributed by atoms with E-state index in [0.717, 1.165) is 12.1 Å². The average molecular weight is 456 g/mol. The number of carbonyl (C=O) groups excluding carboxylic acids is 1. The summed E-state index contributed by atoms with van der Waals surface area (Å²) in [6, 6.07) is -0.592. The van der Waals surface area contributed by atoms with Crippen LogP contribution in [0.4, 0.5) is 25.0 Å². The molecule has 0 aliphatic carbocycles. The highest BCUT2D eigenvalue weighted by Crippen LogP contribution is 2.27. The van der Waals surface area contributed by atoms with E-state index in [9.17, 15) is 23.2 Å². The molecule has 12 heteroatoms. The van der Waals surface area contributed by atoms with Crippen molar-refractivity contribution in [2.75, 3.05) is 35.1 Å². The van der Waals surface area contributed by atoms with Crippen LogP contribution < -0.4 is 15.5 Å². The van der Waals surface area contributed by atoms with E-state index in [4.69, 9.17) is 33.4 Å². The monoisotopic (exact) mass is 455 g/mol. The van der Waals surface area contributed by atoms with Crippen LogP contribution in [0.25, 0.3) is 0 Å². The Hall–Kier alpha value is -2.33. The number of rotatable bonds is 12. The minimum atomic E-state index is -1.36. The Morgan fingerprint density at radius 1 is 1.07 bits per heavy atom. The SMILES string of the molecule is O=C(O)CCC[C@H](NC(=O)Nc1cc(F)c(N(CCCl)CCCl)c(F)c1)C(=O)O. The van der Waals surface area contributed by atoms with Gasteiger partial charge in [0.25, 0.3) is 0 Å². The van der Waals surface area contributed by atoms with Crippen molar-refractivity contribution in [3.05, 3.63) is 23.8 Å². The molecule has 1 atom stereocenters.